The van der Waals surface area contributed by atoms with E-state index in [4.69, 9.17) is 22.4 Å². The summed E-state index contributed by atoms with van der Waals surface area (Å²) in [6.07, 6.45) is 0. The average Bonchev–Trinajstić information content (AvgIpc) is 2.19. The minimum absolute atomic E-state index is 0.185. The summed E-state index contributed by atoms with van der Waals surface area (Å²) in [6.45, 7) is 3.01. The van der Waals surface area contributed by atoms with Crippen molar-refractivity contribution in [2.45, 2.75) is 19.9 Å². The standard InChI is InChI=1S/C10H11ClFNO2/c1-4-6(9(13)10(14)15)3-7(11)5(2)8(4)12/h3,9H,13H2,1-2H3,(H,14,15). The average molecular weight is 232 g/mol. The van der Waals surface area contributed by atoms with Gasteiger partial charge in [0.1, 0.15) is 11.9 Å². The Hall–Kier alpha value is -1.13. The van der Waals surface area contributed by atoms with Gasteiger partial charge in [-0.2, -0.15) is 0 Å². The Kier molecular flexibility index (Phi) is 3.31. The van der Waals surface area contributed by atoms with Gasteiger partial charge in [0, 0.05) is 10.6 Å². The lowest BCUT2D eigenvalue weighted by molar-refractivity contribution is -0.138. The predicted octanol–water partition coefficient (Wildman–Crippen LogP) is 2.18. The maximum Gasteiger partial charge on any atom is 0.325 e. The number of hydrogen-bond acceptors (Lipinski definition) is 2. The molecule has 0 saturated heterocycles. The van der Waals surface area contributed by atoms with E-state index < -0.39 is 17.8 Å². The van der Waals surface area contributed by atoms with Gasteiger partial charge in [0.25, 0.3) is 0 Å². The smallest absolute Gasteiger partial charge is 0.325 e. The Morgan fingerprint density at radius 2 is 2.07 bits per heavy atom. The molecule has 5 heteroatoms. The largest absolute Gasteiger partial charge is 0.480 e. The molecule has 3 N–H and O–H groups in total. The van der Waals surface area contributed by atoms with Crippen LogP contribution in [0.3, 0.4) is 0 Å². The van der Waals surface area contributed by atoms with Gasteiger partial charge in [-0.25, -0.2) is 4.39 Å². The van der Waals surface area contributed by atoms with Crippen LogP contribution in [-0.4, -0.2) is 11.1 Å². The van der Waals surface area contributed by atoms with Crippen LogP contribution in [0.4, 0.5) is 4.39 Å². The number of benzene rings is 1. The molecule has 0 aliphatic rings. The highest BCUT2D eigenvalue weighted by atomic mass is 35.5. The Labute approximate surface area is 91.7 Å². The number of halogens is 2. The zero-order valence-corrected chi connectivity index (χ0v) is 9.10. The third-order valence-corrected chi connectivity index (χ3v) is 2.73. The maximum absolute atomic E-state index is 13.5. The molecule has 1 rings (SSSR count). The summed E-state index contributed by atoms with van der Waals surface area (Å²) in [5.74, 6) is -1.72. The number of rotatable bonds is 2. The summed E-state index contributed by atoms with van der Waals surface area (Å²) in [4.78, 5) is 10.7. The van der Waals surface area contributed by atoms with Gasteiger partial charge in [0.2, 0.25) is 0 Å². The van der Waals surface area contributed by atoms with E-state index in [0.717, 1.165) is 0 Å². The SMILES string of the molecule is Cc1c(Cl)cc(C(N)C(=O)O)c(C)c1F. The zero-order valence-electron chi connectivity index (χ0n) is 8.34. The van der Waals surface area contributed by atoms with Crippen LogP contribution in [0.2, 0.25) is 5.02 Å². The van der Waals surface area contributed by atoms with Gasteiger partial charge in [-0.05, 0) is 31.0 Å². The fraction of sp³-hybridized carbons (Fsp3) is 0.300. The second-order valence-electron chi connectivity index (χ2n) is 3.33. The molecule has 0 heterocycles. The molecular weight excluding hydrogens is 221 g/mol. The van der Waals surface area contributed by atoms with Crippen LogP contribution >= 0.6 is 11.6 Å². The first-order chi connectivity index (χ1) is 6.86. The number of carboxylic acid groups (broad SMARTS) is 1. The van der Waals surface area contributed by atoms with E-state index in [0.29, 0.717) is 5.56 Å². The summed E-state index contributed by atoms with van der Waals surface area (Å²) in [5.41, 5.74) is 6.14. The quantitative estimate of drug-likeness (QED) is 0.820. The molecule has 1 aromatic rings. The van der Waals surface area contributed by atoms with Crippen molar-refractivity contribution in [2.24, 2.45) is 5.73 Å². The monoisotopic (exact) mass is 231 g/mol. The topological polar surface area (TPSA) is 63.3 Å². The number of aliphatic carboxylic acids is 1. The fourth-order valence-corrected chi connectivity index (χ4v) is 1.52. The third kappa shape index (κ3) is 2.11. The number of carboxylic acids is 1. The van der Waals surface area contributed by atoms with Crippen molar-refractivity contribution < 1.29 is 14.3 Å². The van der Waals surface area contributed by atoms with E-state index in [1.54, 1.807) is 0 Å². The fourth-order valence-electron chi connectivity index (χ4n) is 1.32. The molecule has 0 aliphatic heterocycles. The van der Waals surface area contributed by atoms with E-state index in [2.05, 4.69) is 0 Å². The lowest BCUT2D eigenvalue weighted by Gasteiger charge is -2.13. The molecule has 0 aromatic heterocycles. The Morgan fingerprint density at radius 1 is 1.53 bits per heavy atom. The first kappa shape index (κ1) is 11.9. The first-order valence-electron chi connectivity index (χ1n) is 4.29. The van der Waals surface area contributed by atoms with Crippen LogP contribution < -0.4 is 5.73 Å². The molecule has 0 spiro atoms. The highest BCUT2D eigenvalue weighted by molar-refractivity contribution is 6.31. The van der Waals surface area contributed by atoms with Crippen molar-refractivity contribution in [3.63, 3.8) is 0 Å². The zero-order chi connectivity index (χ0) is 11.7. The van der Waals surface area contributed by atoms with Crippen molar-refractivity contribution in [1.29, 1.82) is 0 Å². The number of carbonyl (C=O) groups is 1. The van der Waals surface area contributed by atoms with Crippen molar-refractivity contribution in [2.75, 3.05) is 0 Å². The second-order valence-corrected chi connectivity index (χ2v) is 3.73. The molecular formula is C10H11ClFNO2. The van der Waals surface area contributed by atoms with Gasteiger partial charge in [0.05, 0.1) is 0 Å². The first-order valence-corrected chi connectivity index (χ1v) is 4.67. The second kappa shape index (κ2) is 4.16. The lowest BCUT2D eigenvalue weighted by Crippen LogP contribution is -2.22. The van der Waals surface area contributed by atoms with Gasteiger partial charge in [-0.1, -0.05) is 11.6 Å². The van der Waals surface area contributed by atoms with Gasteiger partial charge >= 0.3 is 5.97 Å². The van der Waals surface area contributed by atoms with E-state index in [-0.39, 0.29) is 16.1 Å². The molecule has 0 fully saturated rings. The van der Waals surface area contributed by atoms with Gasteiger partial charge in [0.15, 0.2) is 0 Å². The highest BCUT2D eigenvalue weighted by Crippen LogP contribution is 2.27. The van der Waals surface area contributed by atoms with E-state index in [9.17, 15) is 9.18 Å². The van der Waals surface area contributed by atoms with E-state index in [1.165, 1.54) is 19.9 Å². The molecule has 0 aliphatic carbocycles. The molecule has 1 atom stereocenters. The van der Waals surface area contributed by atoms with Crippen molar-refractivity contribution in [1.82, 2.24) is 0 Å². The molecule has 82 valence electrons. The third-order valence-electron chi connectivity index (χ3n) is 2.33. The molecule has 0 bridgehead atoms. The van der Waals surface area contributed by atoms with Crippen LogP contribution in [0, 0.1) is 19.7 Å². The Bertz CT molecular complexity index is 420. The normalized spacial score (nSPS) is 12.6. The van der Waals surface area contributed by atoms with Gasteiger partial charge in [-0.3, -0.25) is 4.79 Å². The van der Waals surface area contributed by atoms with Crippen molar-refractivity contribution in [3.05, 3.63) is 33.6 Å². The Balaban J connectivity index is 3.38. The summed E-state index contributed by atoms with van der Waals surface area (Å²) in [6, 6.07) is 0.145. The molecule has 0 radical (unpaired) electrons. The van der Waals surface area contributed by atoms with Crippen molar-refractivity contribution in [3.8, 4) is 0 Å². The van der Waals surface area contributed by atoms with Gasteiger partial charge < -0.3 is 10.8 Å². The molecule has 0 amide bonds. The predicted molar refractivity (Wildman–Crippen MR) is 55.4 cm³/mol. The molecule has 0 saturated carbocycles. The van der Waals surface area contributed by atoms with Crippen LogP contribution in [-0.2, 0) is 4.79 Å². The molecule has 1 unspecified atom stereocenters. The summed E-state index contributed by atoms with van der Waals surface area (Å²) in [5, 5.41) is 8.91. The highest BCUT2D eigenvalue weighted by Gasteiger charge is 2.20. The number of hydrogen-bond donors (Lipinski definition) is 2. The minimum atomic E-state index is -1.25. The lowest BCUT2D eigenvalue weighted by atomic mass is 9.99. The van der Waals surface area contributed by atoms with E-state index in [1.807, 2.05) is 0 Å². The molecule has 3 nitrogen and oxygen atoms in total. The van der Waals surface area contributed by atoms with E-state index >= 15 is 0 Å². The number of nitrogens with two attached hydrogens (primary N) is 1. The van der Waals surface area contributed by atoms with Crippen molar-refractivity contribution >= 4 is 17.6 Å². The maximum atomic E-state index is 13.5. The summed E-state index contributed by atoms with van der Waals surface area (Å²) < 4.78 is 13.5. The minimum Gasteiger partial charge on any atom is -0.480 e. The summed E-state index contributed by atoms with van der Waals surface area (Å²) in [7, 11) is 0. The van der Waals surface area contributed by atoms with Crippen LogP contribution in [0.1, 0.15) is 22.7 Å². The van der Waals surface area contributed by atoms with Crippen LogP contribution in [0.25, 0.3) is 0 Å². The molecule has 1 aromatic carbocycles. The van der Waals surface area contributed by atoms with Crippen LogP contribution in [0.5, 0.6) is 0 Å². The Morgan fingerprint density at radius 3 is 2.53 bits per heavy atom. The van der Waals surface area contributed by atoms with Crippen LogP contribution in [0.15, 0.2) is 6.07 Å². The summed E-state index contributed by atoms with van der Waals surface area (Å²) >= 11 is 5.75. The van der Waals surface area contributed by atoms with Gasteiger partial charge in [-0.15, -0.1) is 0 Å². The molecule has 15 heavy (non-hydrogen) atoms.